The van der Waals surface area contributed by atoms with Crippen LogP contribution in [0.1, 0.15) is 16.8 Å². The maximum atomic E-state index is 9.84. The van der Waals surface area contributed by atoms with Gasteiger partial charge in [-0.2, -0.15) is 0 Å². The van der Waals surface area contributed by atoms with Gasteiger partial charge in [0.2, 0.25) is 0 Å². The highest BCUT2D eigenvalue weighted by Crippen LogP contribution is 2.13. The number of aliphatic imine (C=N–C) groups is 3. The van der Waals surface area contributed by atoms with E-state index in [1.807, 2.05) is 48.8 Å². The van der Waals surface area contributed by atoms with Crippen molar-refractivity contribution < 1.29 is 10.2 Å². The summed E-state index contributed by atoms with van der Waals surface area (Å²) in [5.74, 6) is 0.454. The summed E-state index contributed by atoms with van der Waals surface area (Å²) >= 11 is 0. The number of H-pyrrole nitrogens is 1. The standard InChI is InChI=1S/C25H29N5O2/c31-24-9-3-1-6-21(24)18-26-12-15-30(17-14-28-20-23-8-5-11-29-23)16-13-27-19-22-7-2-4-10-25(22)32/h1-11,18-20,29,31-32H,12-17H2. The topological polar surface area (TPSA) is 96.6 Å². The molecule has 0 spiro atoms. The average Bonchev–Trinajstić information content (AvgIpc) is 3.32. The van der Waals surface area contributed by atoms with Crippen molar-refractivity contribution in [3.8, 4) is 11.5 Å². The van der Waals surface area contributed by atoms with Crippen LogP contribution in [0.4, 0.5) is 0 Å². The van der Waals surface area contributed by atoms with Crippen molar-refractivity contribution in [3.63, 3.8) is 0 Å². The smallest absolute Gasteiger partial charge is 0.124 e. The second-order valence-corrected chi connectivity index (χ2v) is 7.19. The summed E-state index contributed by atoms with van der Waals surface area (Å²) in [6.07, 6.45) is 7.12. The molecule has 2 aromatic carbocycles. The lowest BCUT2D eigenvalue weighted by atomic mass is 10.2. The Kier molecular flexibility index (Phi) is 9.23. The molecule has 7 nitrogen and oxygen atoms in total. The van der Waals surface area contributed by atoms with Crippen molar-refractivity contribution in [1.29, 1.82) is 0 Å². The second kappa shape index (κ2) is 12.9. The number of aromatic amines is 1. The highest BCUT2D eigenvalue weighted by molar-refractivity contribution is 5.83. The van der Waals surface area contributed by atoms with Crippen molar-refractivity contribution in [2.24, 2.45) is 15.0 Å². The molecule has 0 saturated heterocycles. The summed E-state index contributed by atoms with van der Waals surface area (Å²) in [4.78, 5) is 18.8. The molecule has 166 valence electrons. The van der Waals surface area contributed by atoms with Gasteiger partial charge in [-0.3, -0.25) is 19.9 Å². The van der Waals surface area contributed by atoms with E-state index < -0.39 is 0 Å². The van der Waals surface area contributed by atoms with Gasteiger partial charge < -0.3 is 15.2 Å². The summed E-state index contributed by atoms with van der Waals surface area (Å²) in [5.41, 5.74) is 2.40. The Morgan fingerprint density at radius 3 is 1.62 bits per heavy atom. The monoisotopic (exact) mass is 431 g/mol. The number of rotatable bonds is 12. The maximum absolute atomic E-state index is 9.84. The van der Waals surface area contributed by atoms with Gasteiger partial charge in [0, 0.05) is 55.6 Å². The van der Waals surface area contributed by atoms with Crippen molar-refractivity contribution in [3.05, 3.63) is 83.7 Å². The fourth-order valence-electron chi connectivity index (χ4n) is 3.04. The highest BCUT2D eigenvalue weighted by Gasteiger charge is 2.04. The van der Waals surface area contributed by atoms with Gasteiger partial charge in [0.15, 0.2) is 0 Å². The molecule has 7 heteroatoms. The lowest BCUT2D eigenvalue weighted by molar-refractivity contribution is 0.298. The van der Waals surface area contributed by atoms with E-state index in [1.54, 1.807) is 36.7 Å². The number of aromatic nitrogens is 1. The van der Waals surface area contributed by atoms with E-state index in [4.69, 9.17) is 0 Å². The number of hydrogen-bond acceptors (Lipinski definition) is 6. The Morgan fingerprint density at radius 2 is 1.16 bits per heavy atom. The van der Waals surface area contributed by atoms with Crippen LogP contribution in [0.25, 0.3) is 0 Å². The molecule has 0 bridgehead atoms. The molecule has 0 aliphatic rings. The average molecular weight is 432 g/mol. The first kappa shape index (κ1) is 23.0. The largest absolute Gasteiger partial charge is 0.507 e. The summed E-state index contributed by atoms with van der Waals surface area (Å²) in [6, 6.07) is 18.2. The molecular weight excluding hydrogens is 402 g/mol. The maximum Gasteiger partial charge on any atom is 0.124 e. The summed E-state index contributed by atoms with van der Waals surface area (Å²) in [7, 11) is 0. The van der Waals surface area contributed by atoms with Crippen LogP contribution >= 0.6 is 0 Å². The van der Waals surface area contributed by atoms with Crippen molar-refractivity contribution in [2.45, 2.75) is 0 Å². The first-order valence-corrected chi connectivity index (χ1v) is 10.6. The molecule has 32 heavy (non-hydrogen) atoms. The van der Waals surface area contributed by atoms with Crippen LogP contribution in [-0.2, 0) is 0 Å². The van der Waals surface area contributed by atoms with Gasteiger partial charge in [-0.25, -0.2) is 0 Å². The van der Waals surface area contributed by atoms with Crippen LogP contribution in [0, 0.1) is 0 Å². The third-order valence-corrected chi connectivity index (χ3v) is 4.82. The molecule has 3 rings (SSSR count). The van der Waals surface area contributed by atoms with Crippen LogP contribution in [0.3, 0.4) is 0 Å². The van der Waals surface area contributed by atoms with Crippen LogP contribution in [0.15, 0.2) is 81.8 Å². The molecule has 3 N–H and O–H groups in total. The van der Waals surface area contributed by atoms with Crippen molar-refractivity contribution in [2.75, 3.05) is 39.3 Å². The minimum Gasteiger partial charge on any atom is -0.507 e. The predicted molar refractivity (Wildman–Crippen MR) is 131 cm³/mol. The van der Waals surface area contributed by atoms with Gasteiger partial charge in [0.1, 0.15) is 11.5 Å². The van der Waals surface area contributed by atoms with Crippen LogP contribution in [0.2, 0.25) is 0 Å². The third-order valence-electron chi connectivity index (χ3n) is 4.82. The molecule has 0 aliphatic carbocycles. The summed E-state index contributed by atoms with van der Waals surface area (Å²) < 4.78 is 0. The summed E-state index contributed by atoms with van der Waals surface area (Å²) in [6.45, 7) is 4.19. The number of nitrogens with one attached hydrogen (secondary N) is 1. The molecular formula is C25H29N5O2. The molecule has 1 aromatic heterocycles. The number of benzene rings is 2. The van der Waals surface area contributed by atoms with Gasteiger partial charge in [0.25, 0.3) is 0 Å². The molecule has 0 radical (unpaired) electrons. The molecule has 0 amide bonds. The van der Waals surface area contributed by atoms with E-state index in [9.17, 15) is 10.2 Å². The predicted octanol–water partition coefficient (Wildman–Crippen LogP) is 3.39. The van der Waals surface area contributed by atoms with Gasteiger partial charge in [-0.05, 0) is 36.4 Å². The molecule has 0 fully saturated rings. The zero-order valence-corrected chi connectivity index (χ0v) is 18.0. The van der Waals surface area contributed by atoms with Gasteiger partial charge in [-0.1, -0.05) is 24.3 Å². The fraction of sp³-hybridized carbons (Fsp3) is 0.240. The Hall–Kier alpha value is -3.71. The van der Waals surface area contributed by atoms with E-state index >= 15 is 0 Å². The van der Waals surface area contributed by atoms with E-state index in [2.05, 4.69) is 24.9 Å². The van der Waals surface area contributed by atoms with Gasteiger partial charge >= 0.3 is 0 Å². The SMILES string of the molecule is Oc1ccccc1C=NCCN(CCN=Cc1ccc[nH]1)CCN=Cc1ccccc1O. The molecule has 0 atom stereocenters. The van der Waals surface area contributed by atoms with E-state index in [0.717, 1.165) is 25.3 Å². The van der Waals surface area contributed by atoms with Crippen molar-refractivity contribution >= 4 is 18.6 Å². The first-order chi connectivity index (χ1) is 15.7. The number of nitrogens with zero attached hydrogens (tertiary/aromatic N) is 4. The van der Waals surface area contributed by atoms with E-state index in [0.29, 0.717) is 30.8 Å². The minimum atomic E-state index is 0.227. The minimum absolute atomic E-state index is 0.227. The molecule has 0 aliphatic heterocycles. The molecule has 3 aromatic rings. The van der Waals surface area contributed by atoms with Gasteiger partial charge in [0.05, 0.1) is 25.3 Å². The van der Waals surface area contributed by atoms with Crippen LogP contribution in [-0.4, -0.2) is 78.0 Å². The number of phenolic OH excluding ortho intramolecular Hbond substituents is 2. The molecule has 0 saturated carbocycles. The molecule has 0 unspecified atom stereocenters. The zero-order valence-electron chi connectivity index (χ0n) is 18.0. The quantitative estimate of drug-likeness (QED) is 0.384. The molecule has 1 heterocycles. The lowest BCUT2D eigenvalue weighted by Gasteiger charge is -2.19. The lowest BCUT2D eigenvalue weighted by Crippen LogP contribution is -2.31. The Bertz CT molecular complexity index is 969. The Balaban J connectivity index is 1.50. The van der Waals surface area contributed by atoms with E-state index in [1.165, 1.54) is 0 Å². The zero-order chi connectivity index (χ0) is 22.4. The van der Waals surface area contributed by atoms with Crippen LogP contribution in [0.5, 0.6) is 11.5 Å². The number of aromatic hydroxyl groups is 2. The fourth-order valence-corrected chi connectivity index (χ4v) is 3.04. The van der Waals surface area contributed by atoms with Crippen LogP contribution < -0.4 is 0 Å². The van der Waals surface area contributed by atoms with Gasteiger partial charge in [-0.15, -0.1) is 0 Å². The van der Waals surface area contributed by atoms with E-state index in [-0.39, 0.29) is 11.5 Å². The number of hydrogen-bond donors (Lipinski definition) is 3. The Labute approximate surface area is 188 Å². The van der Waals surface area contributed by atoms with Crippen molar-refractivity contribution in [1.82, 2.24) is 9.88 Å². The summed E-state index contributed by atoms with van der Waals surface area (Å²) in [5, 5.41) is 19.7. The number of para-hydroxylation sites is 2. The third kappa shape index (κ3) is 7.85. The number of phenols is 2. The normalized spacial score (nSPS) is 12.0. The first-order valence-electron chi connectivity index (χ1n) is 10.6. The highest BCUT2D eigenvalue weighted by atomic mass is 16.3. The Morgan fingerprint density at radius 1 is 0.656 bits per heavy atom. The second-order valence-electron chi connectivity index (χ2n) is 7.19.